The molecule has 1 aromatic heterocycles. The second-order valence-corrected chi connectivity index (χ2v) is 6.43. The molecule has 0 bridgehead atoms. The van der Waals surface area contributed by atoms with Crippen LogP contribution in [0.15, 0.2) is 36.5 Å². The zero-order chi connectivity index (χ0) is 17.9. The molecule has 4 rings (SSSR count). The van der Waals surface area contributed by atoms with E-state index in [0.29, 0.717) is 36.6 Å². The Hall–Kier alpha value is -2.71. The van der Waals surface area contributed by atoms with Gasteiger partial charge in [-0.25, -0.2) is 15.0 Å². The summed E-state index contributed by atoms with van der Waals surface area (Å²) in [6, 6.07) is 10.3. The molecule has 8 heteroatoms. The molecular weight excluding hydrogens is 332 g/mol. The number of morpholine rings is 1. The number of carbonyl (C=O) groups is 1. The van der Waals surface area contributed by atoms with Gasteiger partial charge in [-0.2, -0.15) is 4.98 Å². The summed E-state index contributed by atoms with van der Waals surface area (Å²) in [6.45, 7) is 2.77. The minimum Gasteiger partial charge on any atom is -0.379 e. The summed E-state index contributed by atoms with van der Waals surface area (Å²) in [5.41, 5.74) is 6.76. The van der Waals surface area contributed by atoms with E-state index in [1.165, 1.54) is 6.20 Å². The number of aromatic nitrogens is 2. The van der Waals surface area contributed by atoms with Gasteiger partial charge in [0.2, 0.25) is 5.95 Å². The fraction of sp³-hybridized carbons (Fsp3) is 0.389. The number of hydrogen-bond donors (Lipinski definition) is 2. The normalized spacial score (nSPS) is 17.7. The molecule has 2 fully saturated rings. The molecule has 1 aromatic carbocycles. The van der Waals surface area contributed by atoms with Gasteiger partial charge < -0.3 is 15.8 Å². The molecule has 0 unspecified atom stereocenters. The molecule has 8 nitrogen and oxygen atoms in total. The summed E-state index contributed by atoms with van der Waals surface area (Å²) in [6.07, 6.45) is 3.65. The van der Waals surface area contributed by atoms with Crippen LogP contribution in [0, 0.1) is 0 Å². The van der Waals surface area contributed by atoms with E-state index in [-0.39, 0.29) is 0 Å². The summed E-state index contributed by atoms with van der Waals surface area (Å²) in [4.78, 5) is 20.8. The fourth-order valence-electron chi connectivity index (χ4n) is 2.91. The molecule has 2 aliphatic rings. The number of nitrogens with two attached hydrogens (primary N) is 1. The molecule has 1 aliphatic heterocycles. The van der Waals surface area contributed by atoms with E-state index >= 15 is 0 Å². The summed E-state index contributed by atoms with van der Waals surface area (Å²) in [5.74, 6) is 0.475. The first-order chi connectivity index (χ1) is 12.7. The third-order valence-corrected chi connectivity index (χ3v) is 4.42. The first-order valence-corrected chi connectivity index (χ1v) is 8.83. The number of carbonyl (C=O) groups excluding carboxylic acids is 1. The number of para-hydroxylation sites is 1. The molecule has 0 atom stereocenters. The minimum absolute atomic E-state index is 0.315. The number of ether oxygens (including phenoxy) is 1. The van der Waals surface area contributed by atoms with Gasteiger partial charge in [0.05, 0.1) is 24.5 Å². The van der Waals surface area contributed by atoms with Crippen molar-refractivity contribution in [3.05, 3.63) is 42.1 Å². The number of nitrogens with one attached hydrogen (secondary N) is 1. The van der Waals surface area contributed by atoms with Gasteiger partial charge in [0.1, 0.15) is 5.82 Å². The largest absolute Gasteiger partial charge is 0.379 e. The van der Waals surface area contributed by atoms with Crippen LogP contribution in [-0.4, -0.2) is 53.2 Å². The summed E-state index contributed by atoms with van der Waals surface area (Å²) in [7, 11) is 0. The SMILES string of the molecule is NC(=O)c1cnc(N(c2ccccc2)N2CCOCC2)nc1NC1CC1. The number of hydrazine groups is 1. The van der Waals surface area contributed by atoms with E-state index < -0.39 is 5.91 Å². The van der Waals surface area contributed by atoms with Gasteiger partial charge >= 0.3 is 0 Å². The number of rotatable bonds is 6. The van der Waals surface area contributed by atoms with Gasteiger partial charge in [-0.1, -0.05) is 18.2 Å². The average molecular weight is 354 g/mol. The van der Waals surface area contributed by atoms with Crippen molar-refractivity contribution in [3.8, 4) is 0 Å². The lowest BCUT2D eigenvalue weighted by Gasteiger charge is -2.37. The Kier molecular flexibility index (Phi) is 4.68. The number of primary amides is 1. The predicted molar refractivity (Wildman–Crippen MR) is 98.2 cm³/mol. The van der Waals surface area contributed by atoms with E-state index in [2.05, 4.69) is 20.3 Å². The Bertz CT molecular complexity index is 775. The molecule has 0 spiro atoms. The highest BCUT2D eigenvalue weighted by molar-refractivity contribution is 5.97. The zero-order valence-corrected chi connectivity index (χ0v) is 14.5. The van der Waals surface area contributed by atoms with Crippen LogP contribution < -0.4 is 16.1 Å². The molecule has 2 heterocycles. The molecule has 1 saturated carbocycles. The lowest BCUT2D eigenvalue weighted by molar-refractivity contribution is 0.0371. The first kappa shape index (κ1) is 16.7. The van der Waals surface area contributed by atoms with Crippen LogP contribution in [0.5, 0.6) is 0 Å². The Morgan fingerprint density at radius 3 is 2.62 bits per heavy atom. The van der Waals surface area contributed by atoms with Crippen LogP contribution in [-0.2, 0) is 4.74 Å². The monoisotopic (exact) mass is 354 g/mol. The summed E-state index contributed by atoms with van der Waals surface area (Å²) in [5, 5.41) is 7.42. The van der Waals surface area contributed by atoms with Crippen molar-refractivity contribution in [1.29, 1.82) is 0 Å². The van der Waals surface area contributed by atoms with Crippen LogP contribution in [0.4, 0.5) is 17.5 Å². The van der Waals surface area contributed by atoms with E-state index in [1.54, 1.807) is 0 Å². The minimum atomic E-state index is -0.530. The molecule has 26 heavy (non-hydrogen) atoms. The summed E-state index contributed by atoms with van der Waals surface area (Å²) < 4.78 is 5.47. The van der Waals surface area contributed by atoms with Crippen LogP contribution in [0.1, 0.15) is 23.2 Å². The molecule has 3 N–H and O–H groups in total. The van der Waals surface area contributed by atoms with Crippen molar-refractivity contribution in [2.45, 2.75) is 18.9 Å². The van der Waals surface area contributed by atoms with Crippen LogP contribution in [0.25, 0.3) is 0 Å². The highest BCUT2D eigenvalue weighted by Crippen LogP contribution is 2.29. The van der Waals surface area contributed by atoms with Crippen molar-refractivity contribution in [2.24, 2.45) is 5.73 Å². The topological polar surface area (TPSA) is 96.6 Å². The van der Waals surface area contributed by atoms with Gasteiger partial charge in [0, 0.05) is 25.3 Å². The second kappa shape index (κ2) is 7.27. The number of anilines is 3. The van der Waals surface area contributed by atoms with Crippen LogP contribution >= 0.6 is 0 Å². The van der Waals surface area contributed by atoms with Gasteiger partial charge in [-0.15, -0.1) is 0 Å². The highest BCUT2D eigenvalue weighted by Gasteiger charge is 2.27. The Morgan fingerprint density at radius 2 is 1.96 bits per heavy atom. The van der Waals surface area contributed by atoms with E-state index in [4.69, 9.17) is 10.5 Å². The molecule has 0 radical (unpaired) electrons. The summed E-state index contributed by atoms with van der Waals surface area (Å²) >= 11 is 0. The molecule has 1 amide bonds. The number of nitrogens with zero attached hydrogens (tertiary/aromatic N) is 4. The molecular formula is C18H22N6O2. The van der Waals surface area contributed by atoms with E-state index in [1.807, 2.05) is 35.3 Å². The lowest BCUT2D eigenvalue weighted by atomic mass is 10.3. The molecule has 1 aliphatic carbocycles. The fourth-order valence-corrected chi connectivity index (χ4v) is 2.91. The maximum absolute atomic E-state index is 11.7. The maximum atomic E-state index is 11.7. The van der Waals surface area contributed by atoms with Crippen LogP contribution in [0.3, 0.4) is 0 Å². The smallest absolute Gasteiger partial charge is 0.254 e. The van der Waals surface area contributed by atoms with E-state index in [9.17, 15) is 4.79 Å². The van der Waals surface area contributed by atoms with Crippen molar-refractivity contribution >= 4 is 23.4 Å². The van der Waals surface area contributed by atoms with Gasteiger partial charge in [0.25, 0.3) is 5.91 Å². The van der Waals surface area contributed by atoms with Crippen molar-refractivity contribution < 1.29 is 9.53 Å². The van der Waals surface area contributed by atoms with Crippen LogP contribution in [0.2, 0.25) is 0 Å². The third kappa shape index (κ3) is 3.61. The van der Waals surface area contributed by atoms with Crippen molar-refractivity contribution in [3.63, 3.8) is 0 Å². The van der Waals surface area contributed by atoms with Gasteiger partial charge in [-0.05, 0) is 25.0 Å². The van der Waals surface area contributed by atoms with Gasteiger partial charge in [0.15, 0.2) is 0 Å². The lowest BCUT2D eigenvalue weighted by Crippen LogP contribution is -2.47. The second-order valence-electron chi connectivity index (χ2n) is 6.43. The number of hydrogen-bond acceptors (Lipinski definition) is 7. The molecule has 2 aromatic rings. The Labute approximate surface area is 151 Å². The van der Waals surface area contributed by atoms with E-state index in [0.717, 1.165) is 31.6 Å². The predicted octanol–water partition coefficient (Wildman–Crippen LogP) is 1.54. The number of amides is 1. The van der Waals surface area contributed by atoms with Crippen molar-refractivity contribution in [2.75, 3.05) is 36.6 Å². The standard InChI is InChI=1S/C18H22N6O2/c19-16(25)15-12-20-18(22-17(15)21-13-6-7-13)24(14-4-2-1-3-5-14)23-8-10-26-11-9-23/h1-5,12-13H,6-11H2,(H2,19,25)(H,20,21,22). The van der Waals surface area contributed by atoms with Gasteiger partial charge in [-0.3, -0.25) is 4.79 Å². The molecule has 136 valence electrons. The average Bonchev–Trinajstić information content (AvgIpc) is 3.48. The third-order valence-electron chi connectivity index (χ3n) is 4.42. The molecule has 1 saturated heterocycles. The Balaban J connectivity index is 1.73. The quantitative estimate of drug-likeness (QED) is 0.812. The van der Waals surface area contributed by atoms with Crippen molar-refractivity contribution in [1.82, 2.24) is 15.0 Å². The first-order valence-electron chi connectivity index (χ1n) is 8.83. The Morgan fingerprint density at radius 1 is 1.23 bits per heavy atom. The maximum Gasteiger partial charge on any atom is 0.254 e. The number of benzene rings is 1. The highest BCUT2D eigenvalue weighted by atomic mass is 16.5. The zero-order valence-electron chi connectivity index (χ0n) is 14.5.